The molecule has 1 aliphatic carbocycles. The van der Waals surface area contributed by atoms with Crippen LogP contribution in [0.3, 0.4) is 0 Å². The van der Waals surface area contributed by atoms with Gasteiger partial charge in [0, 0.05) is 12.0 Å². The summed E-state index contributed by atoms with van der Waals surface area (Å²) in [5.41, 5.74) is 5.71. The molecular weight excluding hydrogens is 190 g/mol. The third-order valence-electron chi connectivity index (χ3n) is 3.11. The molecule has 0 radical (unpaired) electrons. The number of Topliss-reactive ketones (excluding diaryl/α,β-unsaturated/α-hetero) is 1. The van der Waals surface area contributed by atoms with Crippen molar-refractivity contribution >= 4 is 5.78 Å². The number of aromatic hydroxyl groups is 1. The van der Waals surface area contributed by atoms with E-state index in [9.17, 15) is 9.90 Å². The van der Waals surface area contributed by atoms with Crippen LogP contribution in [-0.2, 0) is 10.3 Å². The van der Waals surface area contributed by atoms with Gasteiger partial charge in [0.25, 0.3) is 0 Å². The molecule has 0 amide bonds. The summed E-state index contributed by atoms with van der Waals surface area (Å²) in [7, 11) is 0. The van der Waals surface area contributed by atoms with Crippen LogP contribution in [0.25, 0.3) is 0 Å². The largest absolute Gasteiger partial charge is 0.508 e. The van der Waals surface area contributed by atoms with E-state index in [0.717, 1.165) is 12.8 Å². The maximum Gasteiger partial charge on any atom is 0.157 e. The number of hydrogen-bond donors (Lipinski definition) is 2. The first-order valence-electron chi connectivity index (χ1n) is 5.25. The van der Waals surface area contributed by atoms with Gasteiger partial charge in [-0.1, -0.05) is 24.6 Å². The van der Waals surface area contributed by atoms with Crippen LogP contribution in [0.4, 0.5) is 0 Å². The van der Waals surface area contributed by atoms with E-state index in [1.165, 1.54) is 0 Å². The van der Waals surface area contributed by atoms with Crippen molar-refractivity contribution in [2.75, 3.05) is 0 Å². The number of nitrogens with two attached hydrogens (primary N) is 1. The van der Waals surface area contributed by atoms with Gasteiger partial charge in [0.2, 0.25) is 0 Å². The van der Waals surface area contributed by atoms with E-state index < -0.39 is 5.54 Å². The van der Waals surface area contributed by atoms with E-state index in [2.05, 4.69) is 0 Å². The predicted octanol–water partition coefficient (Wildman–Crippen LogP) is 1.69. The molecule has 0 saturated heterocycles. The van der Waals surface area contributed by atoms with E-state index in [0.29, 0.717) is 18.4 Å². The van der Waals surface area contributed by atoms with Crippen molar-refractivity contribution < 1.29 is 9.90 Å². The minimum atomic E-state index is -0.969. The highest BCUT2D eigenvalue weighted by Crippen LogP contribution is 2.36. The minimum Gasteiger partial charge on any atom is -0.508 e. The normalized spacial score (nSPS) is 26.6. The second kappa shape index (κ2) is 3.66. The van der Waals surface area contributed by atoms with Crippen molar-refractivity contribution in [3.8, 4) is 5.75 Å². The summed E-state index contributed by atoms with van der Waals surface area (Å²) in [6.07, 6.45) is 3.00. The highest BCUT2D eigenvalue weighted by Gasteiger charge is 2.38. The molecule has 1 fully saturated rings. The molecule has 0 aliphatic heterocycles. The van der Waals surface area contributed by atoms with E-state index >= 15 is 0 Å². The fourth-order valence-electron chi connectivity index (χ4n) is 2.19. The predicted molar refractivity (Wildman–Crippen MR) is 57.4 cm³/mol. The summed E-state index contributed by atoms with van der Waals surface area (Å²) < 4.78 is 0. The highest BCUT2D eigenvalue weighted by molar-refractivity contribution is 5.90. The Labute approximate surface area is 88.9 Å². The van der Waals surface area contributed by atoms with Gasteiger partial charge in [0.05, 0.1) is 0 Å². The Kier molecular flexibility index (Phi) is 2.49. The molecule has 1 aromatic rings. The van der Waals surface area contributed by atoms with E-state index in [1.54, 1.807) is 24.3 Å². The number of carbonyl (C=O) groups excluding carboxylic acids is 1. The number of phenolic OH excluding ortho intramolecular Hbond substituents is 1. The Balaban J connectivity index is 2.44. The van der Waals surface area contributed by atoms with E-state index in [4.69, 9.17) is 5.73 Å². The number of benzene rings is 1. The van der Waals surface area contributed by atoms with Crippen molar-refractivity contribution in [1.82, 2.24) is 0 Å². The van der Waals surface area contributed by atoms with Crippen molar-refractivity contribution in [2.24, 2.45) is 5.73 Å². The molecular formula is C12H15NO2. The maximum atomic E-state index is 11.8. The third kappa shape index (κ3) is 1.63. The maximum absolute atomic E-state index is 11.8. The molecule has 0 aromatic heterocycles. The lowest BCUT2D eigenvalue weighted by Crippen LogP contribution is -2.46. The van der Waals surface area contributed by atoms with Gasteiger partial charge < -0.3 is 10.8 Å². The van der Waals surface area contributed by atoms with Crippen LogP contribution < -0.4 is 5.73 Å². The molecule has 80 valence electrons. The average molecular weight is 205 g/mol. The number of carbonyl (C=O) groups is 1. The summed E-state index contributed by atoms with van der Waals surface area (Å²) in [6, 6.07) is 6.84. The standard InChI is InChI=1S/C12H15NO2/c13-12(8-4-3-7-11(12)15)9-5-1-2-6-10(9)14/h1-2,5-6,14H,3-4,7-8,13H2/t12-/m0/s1. The summed E-state index contributed by atoms with van der Waals surface area (Å²) in [4.78, 5) is 11.8. The lowest BCUT2D eigenvalue weighted by atomic mass is 9.76. The zero-order valence-electron chi connectivity index (χ0n) is 8.57. The molecule has 0 bridgehead atoms. The van der Waals surface area contributed by atoms with Gasteiger partial charge >= 0.3 is 0 Å². The van der Waals surface area contributed by atoms with Gasteiger partial charge in [0.15, 0.2) is 5.78 Å². The smallest absolute Gasteiger partial charge is 0.157 e. The molecule has 1 saturated carbocycles. The monoisotopic (exact) mass is 205 g/mol. The zero-order chi connectivity index (χ0) is 10.9. The Morgan fingerprint density at radius 1 is 1.27 bits per heavy atom. The SMILES string of the molecule is N[C@]1(c2ccccc2O)CCCCC1=O. The van der Waals surface area contributed by atoms with Crippen molar-refractivity contribution in [2.45, 2.75) is 31.2 Å². The first kappa shape index (κ1) is 10.2. The summed E-state index contributed by atoms with van der Waals surface area (Å²) in [5, 5.41) is 9.71. The van der Waals surface area contributed by atoms with Gasteiger partial charge in [-0.25, -0.2) is 0 Å². The lowest BCUT2D eigenvalue weighted by molar-refractivity contribution is -0.126. The quantitative estimate of drug-likeness (QED) is 0.733. The third-order valence-corrected chi connectivity index (χ3v) is 3.11. The first-order valence-corrected chi connectivity index (χ1v) is 5.25. The van der Waals surface area contributed by atoms with Crippen molar-refractivity contribution in [3.05, 3.63) is 29.8 Å². The summed E-state index contributed by atoms with van der Waals surface area (Å²) in [6.45, 7) is 0. The van der Waals surface area contributed by atoms with Crippen LogP contribution in [0, 0.1) is 0 Å². The van der Waals surface area contributed by atoms with Crippen LogP contribution >= 0.6 is 0 Å². The molecule has 3 N–H and O–H groups in total. The zero-order valence-corrected chi connectivity index (χ0v) is 8.57. The second-order valence-corrected chi connectivity index (χ2v) is 4.12. The van der Waals surface area contributed by atoms with Crippen LogP contribution in [0.5, 0.6) is 5.75 Å². The number of rotatable bonds is 1. The molecule has 0 unspecified atom stereocenters. The van der Waals surface area contributed by atoms with Gasteiger partial charge in [-0.15, -0.1) is 0 Å². The van der Waals surface area contributed by atoms with Crippen LogP contribution in [0.2, 0.25) is 0 Å². The molecule has 1 aromatic carbocycles. The topological polar surface area (TPSA) is 63.3 Å². The van der Waals surface area contributed by atoms with Crippen LogP contribution in [0.15, 0.2) is 24.3 Å². The summed E-state index contributed by atoms with van der Waals surface area (Å²) >= 11 is 0. The first-order chi connectivity index (χ1) is 7.14. The van der Waals surface area contributed by atoms with Gasteiger partial charge in [-0.05, 0) is 18.9 Å². The van der Waals surface area contributed by atoms with Crippen molar-refractivity contribution in [3.63, 3.8) is 0 Å². The Morgan fingerprint density at radius 2 is 2.00 bits per heavy atom. The van der Waals surface area contributed by atoms with Crippen LogP contribution in [-0.4, -0.2) is 10.9 Å². The van der Waals surface area contributed by atoms with E-state index in [-0.39, 0.29) is 11.5 Å². The van der Waals surface area contributed by atoms with Gasteiger partial charge in [-0.2, -0.15) is 0 Å². The number of para-hydroxylation sites is 1. The van der Waals surface area contributed by atoms with Gasteiger partial charge in [0.1, 0.15) is 11.3 Å². The highest BCUT2D eigenvalue weighted by atomic mass is 16.3. The fraction of sp³-hybridized carbons (Fsp3) is 0.417. The number of phenols is 1. The number of ketones is 1. The fourth-order valence-corrected chi connectivity index (χ4v) is 2.19. The second-order valence-electron chi connectivity index (χ2n) is 4.12. The van der Waals surface area contributed by atoms with Crippen LogP contribution in [0.1, 0.15) is 31.2 Å². The molecule has 3 heteroatoms. The Bertz CT molecular complexity index is 389. The Morgan fingerprint density at radius 3 is 2.67 bits per heavy atom. The molecule has 0 heterocycles. The molecule has 0 spiro atoms. The molecule has 2 rings (SSSR count). The number of hydrogen-bond acceptors (Lipinski definition) is 3. The molecule has 1 aliphatic rings. The van der Waals surface area contributed by atoms with Crippen molar-refractivity contribution in [1.29, 1.82) is 0 Å². The molecule has 15 heavy (non-hydrogen) atoms. The van der Waals surface area contributed by atoms with E-state index in [1.807, 2.05) is 0 Å². The van der Waals surface area contributed by atoms with Gasteiger partial charge in [-0.3, -0.25) is 4.79 Å². The lowest BCUT2D eigenvalue weighted by Gasteiger charge is -2.32. The summed E-state index contributed by atoms with van der Waals surface area (Å²) in [5.74, 6) is 0.158. The Hall–Kier alpha value is -1.35. The molecule has 3 nitrogen and oxygen atoms in total. The average Bonchev–Trinajstić information content (AvgIpc) is 2.23. The minimum absolute atomic E-state index is 0.0373. The molecule has 1 atom stereocenters.